The number of likely N-dealkylation sites (tertiary alicyclic amines) is 1. The summed E-state index contributed by atoms with van der Waals surface area (Å²) in [4.78, 5) is 28.0. The van der Waals surface area contributed by atoms with Gasteiger partial charge in [0.15, 0.2) is 0 Å². The molecule has 2 heterocycles. The first-order valence-electron chi connectivity index (χ1n) is 7.83. The second-order valence-corrected chi connectivity index (χ2v) is 6.57. The van der Waals surface area contributed by atoms with Gasteiger partial charge in [-0.3, -0.25) is 9.59 Å². The zero-order valence-electron chi connectivity index (χ0n) is 12.9. The smallest absolute Gasteiger partial charge is 0.261 e. The summed E-state index contributed by atoms with van der Waals surface area (Å²) >= 11 is 1.56. The predicted molar refractivity (Wildman–Crippen MR) is 85.8 cm³/mol. The minimum Gasteiger partial charge on any atom is -0.342 e. The van der Waals surface area contributed by atoms with E-state index in [1.165, 1.54) is 10.4 Å². The summed E-state index contributed by atoms with van der Waals surface area (Å²) in [7, 11) is 0. The number of hydrogen-bond acceptors (Lipinski definition) is 3. The van der Waals surface area contributed by atoms with Crippen LogP contribution >= 0.6 is 11.3 Å². The molecule has 1 aromatic heterocycles. The Labute approximate surface area is 130 Å². The summed E-state index contributed by atoms with van der Waals surface area (Å²) < 4.78 is 0. The molecule has 0 aromatic carbocycles. The number of nitrogens with zero attached hydrogens (tertiary/aromatic N) is 1. The molecular weight excluding hydrogens is 284 g/mol. The Balaban J connectivity index is 1.92. The van der Waals surface area contributed by atoms with Gasteiger partial charge in [-0.25, -0.2) is 0 Å². The number of rotatable bonds is 6. The van der Waals surface area contributed by atoms with Gasteiger partial charge in [0.05, 0.1) is 11.4 Å². The number of nitrogens with one attached hydrogen (secondary N) is 1. The molecule has 0 bridgehead atoms. The molecule has 0 atom stereocenters. The van der Waals surface area contributed by atoms with E-state index in [0.717, 1.165) is 50.1 Å². The van der Waals surface area contributed by atoms with Crippen molar-refractivity contribution < 1.29 is 9.59 Å². The van der Waals surface area contributed by atoms with Gasteiger partial charge in [0, 0.05) is 18.0 Å². The molecular formula is C16H24N2O2S. The highest BCUT2D eigenvalue weighted by molar-refractivity contribution is 7.14. The lowest BCUT2D eigenvalue weighted by Crippen LogP contribution is -2.38. The molecule has 116 valence electrons. The number of aryl methyl sites for hydroxylation is 2. The number of hydrogen-bond donors (Lipinski definition) is 1. The highest BCUT2D eigenvalue weighted by atomic mass is 32.1. The molecule has 1 aliphatic rings. The van der Waals surface area contributed by atoms with Crippen molar-refractivity contribution in [3.05, 3.63) is 21.4 Å². The second kappa shape index (κ2) is 7.59. The van der Waals surface area contributed by atoms with Crippen LogP contribution in [-0.4, -0.2) is 36.3 Å². The molecule has 0 unspecified atom stereocenters. The Morgan fingerprint density at radius 1 is 1.29 bits per heavy atom. The summed E-state index contributed by atoms with van der Waals surface area (Å²) in [5.41, 5.74) is 1.26. The zero-order chi connectivity index (χ0) is 15.2. The molecule has 0 aliphatic carbocycles. The first-order chi connectivity index (χ1) is 10.2. The van der Waals surface area contributed by atoms with E-state index >= 15 is 0 Å². The van der Waals surface area contributed by atoms with Gasteiger partial charge in [0.1, 0.15) is 0 Å². The first-order valence-corrected chi connectivity index (χ1v) is 8.64. The molecule has 1 aromatic rings. The Bertz CT molecular complexity index is 504. The molecule has 1 aliphatic heterocycles. The first kappa shape index (κ1) is 16.0. The Morgan fingerprint density at radius 3 is 2.62 bits per heavy atom. The average molecular weight is 308 g/mol. The number of carbonyl (C=O) groups excluding carboxylic acids is 2. The lowest BCUT2D eigenvalue weighted by molar-refractivity contribution is -0.129. The van der Waals surface area contributed by atoms with Gasteiger partial charge in [-0.05, 0) is 37.3 Å². The maximum atomic E-state index is 12.2. The van der Waals surface area contributed by atoms with Crippen molar-refractivity contribution in [1.82, 2.24) is 10.2 Å². The third kappa shape index (κ3) is 4.06. The third-order valence-electron chi connectivity index (χ3n) is 3.84. The number of thiophene rings is 1. The topological polar surface area (TPSA) is 49.4 Å². The Morgan fingerprint density at radius 2 is 2.00 bits per heavy atom. The van der Waals surface area contributed by atoms with E-state index in [4.69, 9.17) is 0 Å². The molecule has 1 saturated heterocycles. The lowest BCUT2D eigenvalue weighted by Gasteiger charge is -2.15. The van der Waals surface area contributed by atoms with Crippen LogP contribution in [0, 0.1) is 0 Å². The van der Waals surface area contributed by atoms with Gasteiger partial charge in [-0.1, -0.05) is 20.3 Å². The van der Waals surface area contributed by atoms with Gasteiger partial charge in [-0.15, -0.1) is 11.3 Å². The average Bonchev–Trinajstić information content (AvgIpc) is 3.14. The maximum Gasteiger partial charge on any atom is 0.261 e. The SMILES string of the molecule is CCCc1sc(C(=O)NCC(=O)N2CCCC2)cc1CC. The molecule has 0 spiro atoms. The quantitative estimate of drug-likeness (QED) is 0.878. The van der Waals surface area contributed by atoms with E-state index in [1.54, 1.807) is 11.3 Å². The maximum absolute atomic E-state index is 12.2. The standard InChI is InChI=1S/C16H24N2O2S/c1-3-7-13-12(4-2)10-14(21-13)16(20)17-11-15(19)18-8-5-6-9-18/h10H,3-9,11H2,1-2H3,(H,17,20). The van der Waals surface area contributed by atoms with E-state index in [1.807, 2.05) is 11.0 Å². The van der Waals surface area contributed by atoms with Crippen molar-refractivity contribution in [2.75, 3.05) is 19.6 Å². The zero-order valence-corrected chi connectivity index (χ0v) is 13.7. The summed E-state index contributed by atoms with van der Waals surface area (Å²) in [6, 6.07) is 1.98. The minimum absolute atomic E-state index is 0.0295. The monoisotopic (exact) mass is 308 g/mol. The predicted octanol–water partition coefficient (Wildman–Crippen LogP) is 2.62. The van der Waals surface area contributed by atoms with E-state index in [9.17, 15) is 9.59 Å². The van der Waals surface area contributed by atoms with Crippen LogP contribution < -0.4 is 5.32 Å². The van der Waals surface area contributed by atoms with Crippen molar-refractivity contribution in [3.63, 3.8) is 0 Å². The summed E-state index contributed by atoms with van der Waals surface area (Å²) in [6.45, 7) is 6.03. The molecule has 1 N–H and O–H groups in total. The van der Waals surface area contributed by atoms with Crippen LogP contribution in [0.15, 0.2) is 6.07 Å². The van der Waals surface area contributed by atoms with E-state index in [2.05, 4.69) is 19.2 Å². The van der Waals surface area contributed by atoms with Gasteiger partial charge in [-0.2, -0.15) is 0 Å². The van der Waals surface area contributed by atoms with Crippen molar-refractivity contribution in [1.29, 1.82) is 0 Å². The minimum atomic E-state index is -0.121. The van der Waals surface area contributed by atoms with Gasteiger partial charge < -0.3 is 10.2 Å². The molecule has 4 nitrogen and oxygen atoms in total. The second-order valence-electron chi connectivity index (χ2n) is 5.43. The Hall–Kier alpha value is -1.36. The van der Waals surface area contributed by atoms with Gasteiger partial charge in [0.25, 0.3) is 5.91 Å². The summed E-state index contributed by atoms with van der Waals surface area (Å²) in [6.07, 6.45) is 5.21. The normalized spacial score (nSPS) is 14.5. The molecule has 21 heavy (non-hydrogen) atoms. The van der Waals surface area contributed by atoms with Crippen molar-refractivity contribution >= 4 is 23.2 Å². The fourth-order valence-corrected chi connectivity index (χ4v) is 3.91. The van der Waals surface area contributed by atoms with E-state index < -0.39 is 0 Å². The highest BCUT2D eigenvalue weighted by Gasteiger charge is 2.19. The van der Waals surface area contributed by atoms with Gasteiger partial charge in [0.2, 0.25) is 5.91 Å². The van der Waals surface area contributed by atoms with Crippen LogP contribution in [0.3, 0.4) is 0 Å². The van der Waals surface area contributed by atoms with Crippen LogP contribution in [0.4, 0.5) is 0 Å². The summed E-state index contributed by atoms with van der Waals surface area (Å²) in [5.74, 6) is -0.0912. The lowest BCUT2D eigenvalue weighted by atomic mass is 10.1. The molecule has 5 heteroatoms. The van der Waals surface area contributed by atoms with Gasteiger partial charge >= 0.3 is 0 Å². The van der Waals surface area contributed by atoms with Crippen LogP contribution in [0.1, 0.15) is 53.2 Å². The van der Waals surface area contributed by atoms with E-state index in [-0.39, 0.29) is 18.4 Å². The van der Waals surface area contributed by atoms with Crippen LogP contribution in [0.2, 0.25) is 0 Å². The third-order valence-corrected chi connectivity index (χ3v) is 5.07. The highest BCUT2D eigenvalue weighted by Crippen LogP contribution is 2.24. The fraction of sp³-hybridized carbons (Fsp3) is 0.625. The largest absolute Gasteiger partial charge is 0.342 e. The van der Waals surface area contributed by atoms with Crippen molar-refractivity contribution in [2.24, 2.45) is 0 Å². The summed E-state index contributed by atoms with van der Waals surface area (Å²) in [5, 5.41) is 2.76. The number of amides is 2. The van der Waals surface area contributed by atoms with Crippen molar-refractivity contribution in [2.45, 2.75) is 46.0 Å². The van der Waals surface area contributed by atoms with Crippen LogP contribution in [-0.2, 0) is 17.6 Å². The van der Waals surface area contributed by atoms with Crippen LogP contribution in [0.5, 0.6) is 0 Å². The Kier molecular flexibility index (Phi) is 5.79. The molecule has 1 fully saturated rings. The molecule has 0 radical (unpaired) electrons. The fourth-order valence-electron chi connectivity index (χ4n) is 2.64. The molecule has 2 amide bonds. The number of carbonyl (C=O) groups is 2. The van der Waals surface area contributed by atoms with Crippen molar-refractivity contribution in [3.8, 4) is 0 Å². The van der Waals surface area contributed by atoms with Crippen LogP contribution in [0.25, 0.3) is 0 Å². The molecule has 2 rings (SSSR count). The van der Waals surface area contributed by atoms with E-state index in [0.29, 0.717) is 0 Å². The molecule has 0 saturated carbocycles.